The molecule has 1 rings (SSSR count). The molecule has 0 heterocycles. The Morgan fingerprint density at radius 2 is 1.79 bits per heavy atom. The SMILES string of the molecule is COCc1ccc(CC[C@H](C)O)cc1. The first kappa shape index (κ1) is 11.2. The lowest BCUT2D eigenvalue weighted by molar-refractivity contribution is 0.184. The number of aliphatic hydroxyl groups is 1. The summed E-state index contributed by atoms with van der Waals surface area (Å²) in [5.74, 6) is 0. The summed E-state index contributed by atoms with van der Waals surface area (Å²) >= 11 is 0. The van der Waals surface area contributed by atoms with Crippen LogP contribution in [0.25, 0.3) is 0 Å². The van der Waals surface area contributed by atoms with Crippen molar-refractivity contribution in [3.8, 4) is 0 Å². The van der Waals surface area contributed by atoms with E-state index in [9.17, 15) is 0 Å². The van der Waals surface area contributed by atoms with E-state index in [4.69, 9.17) is 9.84 Å². The molecule has 2 heteroatoms. The Labute approximate surface area is 85.5 Å². The van der Waals surface area contributed by atoms with Crippen molar-refractivity contribution in [2.45, 2.75) is 32.5 Å². The first-order valence-electron chi connectivity index (χ1n) is 4.97. The van der Waals surface area contributed by atoms with E-state index in [1.165, 1.54) is 11.1 Å². The van der Waals surface area contributed by atoms with Crippen LogP contribution in [0.5, 0.6) is 0 Å². The van der Waals surface area contributed by atoms with Crippen LogP contribution >= 0.6 is 0 Å². The molecule has 2 nitrogen and oxygen atoms in total. The monoisotopic (exact) mass is 194 g/mol. The Morgan fingerprint density at radius 3 is 2.29 bits per heavy atom. The topological polar surface area (TPSA) is 29.5 Å². The van der Waals surface area contributed by atoms with E-state index in [0.717, 1.165) is 12.8 Å². The highest BCUT2D eigenvalue weighted by Gasteiger charge is 1.98. The smallest absolute Gasteiger partial charge is 0.0713 e. The molecule has 0 aliphatic rings. The molecule has 0 unspecified atom stereocenters. The van der Waals surface area contributed by atoms with Crippen LogP contribution in [0, 0.1) is 0 Å². The summed E-state index contributed by atoms with van der Waals surface area (Å²) in [5.41, 5.74) is 2.46. The van der Waals surface area contributed by atoms with Gasteiger partial charge in [-0.2, -0.15) is 0 Å². The van der Waals surface area contributed by atoms with Gasteiger partial charge >= 0.3 is 0 Å². The Kier molecular flexibility index (Phi) is 4.63. The maximum atomic E-state index is 9.13. The van der Waals surface area contributed by atoms with Crippen molar-refractivity contribution in [1.82, 2.24) is 0 Å². The highest BCUT2D eigenvalue weighted by Crippen LogP contribution is 2.08. The van der Waals surface area contributed by atoms with Gasteiger partial charge in [-0.15, -0.1) is 0 Å². The fourth-order valence-electron chi connectivity index (χ4n) is 1.34. The summed E-state index contributed by atoms with van der Waals surface area (Å²) in [5, 5.41) is 9.13. The van der Waals surface area contributed by atoms with Gasteiger partial charge in [0.25, 0.3) is 0 Å². The maximum Gasteiger partial charge on any atom is 0.0713 e. The zero-order valence-electron chi connectivity index (χ0n) is 8.86. The van der Waals surface area contributed by atoms with Crippen LogP contribution in [0.4, 0.5) is 0 Å². The number of aryl methyl sites for hydroxylation is 1. The van der Waals surface area contributed by atoms with Gasteiger partial charge in [0.05, 0.1) is 12.7 Å². The summed E-state index contributed by atoms with van der Waals surface area (Å²) < 4.78 is 5.03. The number of hydrogen-bond acceptors (Lipinski definition) is 2. The number of methoxy groups -OCH3 is 1. The normalized spacial score (nSPS) is 12.8. The quantitative estimate of drug-likeness (QED) is 0.778. The average Bonchev–Trinajstić information content (AvgIpc) is 2.17. The highest BCUT2D eigenvalue weighted by atomic mass is 16.5. The first-order chi connectivity index (χ1) is 6.72. The third kappa shape index (κ3) is 3.90. The Balaban J connectivity index is 2.46. The molecule has 0 aromatic heterocycles. The lowest BCUT2D eigenvalue weighted by Gasteiger charge is -2.05. The van der Waals surface area contributed by atoms with E-state index in [2.05, 4.69) is 24.3 Å². The van der Waals surface area contributed by atoms with Gasteiger partial charge in [-0.3, -0.25) is 0 Å². The largest absolute Gasteiger partial charge is 0.393 e. The molecule has 0 amide bonds. The minimum atomic E-state index is -0.214. The van der Waals surface area contributed by atoms with Crippen molar-refractivity contribution < 1.29 is 9.84 Å². The van der Waals surface area contributed by atoms with E-state index in [1.807, 2.05) is 6.92 Å². The number of hydrogen-bond donors (Lipinski definition) is 1. The molecule has 0 saturated carbocycles. The molecular weight excluding hydrogens is 176 g/mol. The summed E-state index contributed by atoms with van der Waals surface area (Å²) in [6.07, 6.45) is 1.54. The van der Waals surface area contributed by atoms with Crippen molar-refractivity contribution in [3.05, 3.63) is 35.4 Å². The second-order valence-electron chi connectivity index (χ2n) is 3.64. The minimum Gasteiger partial charge on any atom is -0.393 e. The summed E-state index contributed by atoms with van der Waals surface area (Å²) in [6, 6.07) is 8.33. The fraction of sp³-hybridized carbons (Fsp3) is 0.500. The predicted molar refractivity (Wildman–Crippen MR) is 57.2 cm³/mol. The molecule has 0 aliphatic heterocycles. The predicted octanol–water partition coefficient (Wildman–Crippen LogP) is 2.15. The maximum absolute atomic E-state index is 9.13. The van der Waals surface area contributed by atoms with E-state index in [1.54, 1.807) is 7.11 Å². The second-order valence-corrected chi connectivity index (χ2v) is 3.64. The molecule has 14 heavy (non-hydrogen) atoms. The van der Waals surface area contributed by atoms with E-state index in [0.29, 0.717) is 6.61 Å². The van der Waals surface area contributed by atoms with Crippen LogP contribution in [0.15, 0.2) is 24.3 Å². The molecule has 0 aliphatic carbocycles. The fourth-order valence-corrected chi connectivity index (χ4v) is 1.34. The third-order valence-electron chi connectivity index (χ3n) is 2.18. The molecule has 0 radical (unpaired) electrons. The number of benzene rings is 1. The first-order valence-corrected chi connectivity index (χ1v) is 4.97. The van der Waals surface area contributed by atoms with E-state index >= 15 is 0 Å². The lowest BCUT2D eigenvalue weighted by Crippen LogP contribution is -2.01. The molecule has 78 valence electrons. The molecule has 0 fully saturated rings. The van der Waals surface area contributed by atoms with Crippen LogP contribution in [-0.4, -0.2) is 18.3 Å². The Bertz CT molecular complexity index is 252. The van der Waals surface area contributed by atoms with Gasteiger partial charge in [0.2, 0.25) is 0 Å². The lowest BCUT2D eigenvalue weighted by atomic mass is 10.1. The molecule has 0 spiro atoms. The van der Waals surface area contributed by atoms with Gasteiger partial charge in [0.15, 0.2) is 0 Å². The van der Waals surface area contributed by atoms with E-state index < -0.39 is 0 Å². The van der Waals surface area contributed by atoms with Crippen LogP contribution < -0.4 is 0 Å². The molecule has 1 aromatic rings. The number of rotatable bonds is 5. The van der Waals surface area contributed by atoms with Crippen LogP contribution in [0.2, 0.25) is 0 Å². The Morgan fingerprint density at radius 1 is 1.21 bits per heavy atom. The molecular formula is C12H18O2. The van der Waals surface area contributed by atoms with Gasteiger partial charge in [0, 0.05) is 7.11 Å². The minimum absolute atomic E-state index is 0.214. The van der Waals surface area contributed by atoms with Crippen LogP contribution in [-0.2, 0) is 17.8 Å². The zero-order chi connectivity index (χ0) is 10.4. The second kappa shape index (κ2) is 5.78. The zero-order valence-corrected chi connectivity index (χ0v) is 8.86. The molecule has 1 aromatic carbocycles. The van der Waals surface area contributed by atoms with Gasteiger partial charge in [-0.25, -0.2) is 0 Å². The van der Waals surface area contributed by atoms with Gasteiger partial charge in [-0.05, 0) is 30.9 Å². The van der Waals surface area contributed by atoms with Gasteiger partial charge in [0.1, 0.15) is 0 Å². The van der Waals surface area contributed by atoms with Crippen molar-refractivity contribution in [1.29, 1.82) is 0 Å². The number of ether oxygens (including phenoxy) is 1. The summed E-state index contributed by atoms with van der Waals surface area (Å²) in [6.45, 7) is 2.48. The van der Waals surface area contributed by atoms with Crippen molar-refractivity contribution >= 4 is 0 Å². The average molecular weight is 194 g/mol. The third-order valence-corrected chi connectivity index (χ3v) is 2.18. The van der Waals surface area contributed by atoms with Crippen molar-refractivity contribution in [2.24, 2.45) is 0 Å². The summed E-state index contributed by atoms with van der Waals surface area (Å²) in [7, 11) is 1.70. The Hall–Kier alpha value is -0.860. The van der Waals surface area contributed by atoms with E-state index in [-0.39, 0.29) is 6.10 Å². The van der Waals surface area contributed by atoms with Gasteiger partial charge < -0.3 is 9.84 Å². The molecule has 0 bridgehead atoms. The molecule has 1 N–H and O–H groups in total. The molecule has 0 saturated heterocycles. The van der Waals surface area contributed by atoms with Crippen molar-refractivity contribution in [2.75, 3.05) is 7.11 Å². The van der Waals surface area contributed by atoms with Crippen molar-refractivity contribution in [3.63, 3.8) is 0 Å². The van der Waals surface area contributed by atoms with Crippen LogP contribution in [0.3, 0.4) is 0 Å². The highest BCUT2D eigenvalue weighted by molar-refractivity contribution is 5.22. The number of aliphatic hydroxyl groups excluding tert-OH is 1. The summed E-state index contributed by atoms with van der Waals surface area (Å²) in [4.78, 5) is 0. The van der Waals surface area contributed by atoms with Gasteiger partial charge in [-0.1, -0.05) is 24.3 Å². The van der Waals surface area contributed by atoms with Crippen LogP contribution in [0.1, 0.15) is 24.5 Å². The standard InChI is InChI=1S/C12H18O2/c1-10(13)3-4-11-5-7-12(8-6-11)9-14-2/h5-8,10,13H,3-4,9H2,1-2H3/t10-/m0/s1. The molecule has 1 atom stereocenters.